The fourth-order valence-corrected chi connectivity index (χ4v) is 1.62. The number of hydrogen-bond acceptors (Lipinski definition) is 5. The Bertz CT molecular complexity index is 318. The van der Waals surface area contributed by atoms with E-state index < -0.39 is 0 Å². The van der Waals surface area contributed by atoms with Crippen molar-refractivity contribution in [1.82, 2.24) is 0 Å². The van der Waals surface area contributed by atoms with E-state index >= 15 is 0 Å². The molecule has 0 saturated carbocycles. The lowest BCUT2D eigenvalue weighted by Gasteiger charge is -2.20. The first-order valence-corrected chi connectivity index (χ1v) is 11.1. The molecule has 0 atom stereocenters. The third-order valence-electron chi connectivity index (χ3n) is 3.34. The van der Waals surface area contributed by atoms with Crippen LogP contribution in [0.25, 0.3) is 0 Å². The van der Waals surface area contributed by atoms with E-state index in [-0.39, 0.29) is 46.5 Å². The molecule has 0 aliphatic rings. The molecule has 0 saturated heterocycles. The largest absolute Gasteiger partial charge is 0.385 e. The summed E-state index contributed by atoms with van der Waals surface area (Å²) in [7, 11) is 4.24. The average Bonchev–Trinajstić information content (AvgIpc) is 2.49. The quantitative estimate of drug-likeness (QED) is 0.157. The van der Waals surface area contributed by atoms with Gasteiger partial charge in [0.05, 0.1) is 16.8 Å². The lowest BCUT2D eigenvalue weighted by atomic mass is 9.56. The summed E-state index contributed by atoms with van der Waals surface area (Å²) in [5.41, 5.74) is 0.0874. The molecule has 0 aromatic carbocycles. The zero-order valence-corrected chi connectivity index (χ0v) is 22.1. The summed E-state index contributed by atoms with van der Waals surface area (Å²) in [5, 5.41) is 0. The van der Waals surface area contributed by atoms with Crippen molar-refractivity contribution in [2.75, 3.05) is 33.2 Å². The summed E-state index contributed by atoms with van der Waals surface area (Å²) in [6.45, 7) is 27.7. The highest BCUT2D eigenvalue weighted by molar-refractivity contribution is 6.55. The molecule has 5 nitrogen and oxygen atoms in total. The highest BCUT2D eigenvalue weighted by Crippen LogP contribution is 2.17. The minimum absolute atomic E-state index is 0. The molecular formula is C27H66B2O5. The Balaban J connectivity index is -0.000000103. The van der Waals surface area contributed by atoms with Gasteiger partial charge in [0, 0.05) is 19.6 Å². The van der Waals surface area contributed by atoms with Gasteiger partial charge in [-0.2, -0.15) is 0 Å². The lowest BCUT2D eigenvalue weighted by molar-refractivity contribution is -0.168. The van der Waals surface area contributed by atoms with Crippen LogP contribution in [0.5, 0.6) is 0 Å². The van der Waals surface area contributed by atoms with Gasteiger partial charge in [0.2, 0.25) is 0 Å². The van der Waals surface area contributed by atoms with Crippen molar-refractivity contribution in [2.45, 2.75) is 142 Å². The Kier molecular flexibility index (Phi) is 32.4. The van der Waals surface area contributed by atoms with Gasteiger partial charge in [0.25, 0.3) is 0 Å². The molecule has 0 N–H and O–H groups in total. The topological polar surface area (TPSA) is 46.2 Å². The van der Waals surface area contributed by atoms with Crippen molar-refractivity contribution in [3.05, 3.63) is 0 Å². The van der Waals surface area contributed by atoms with Crippen LogP contribution in [-0.4, -0.2) is 64.6 Å². The van der Waals surface area contributed by atoms with Crippen LogP contribution in [0, 0.1) is 5.41 Å². The second-order valence-electron chi connectivity index (χ2n) is 11.6. The maximum Gasteiger partial charge on any atom is 0.150 e. The molecule has 2 radical (unpaired) electrons. The molecule has 0 rings (SSSR count). The molecule has 0 aliphatic carbocycles. The van der Waals surface area contributed by atoms with E-state index in [1.165, 1.54) is 0 Å². The Morgan fingerprint density at radius 2 is 0.882 bits per heavy atom. The third-order valence-corrected chi connectivity index (χ3v) is 3.34. The third kappa shape index (κ3) is 53.3. The summed E-state index contributed by atoms with van der Waals surface area (Å²) in [6, 6.07) is 0. The number of rotatable bonds is 12. The first-order valence-electron chi connectivity index (χ1n) is 11.1. The van der Waals surface area contributed by atoms with Gasteiger partial charge in [0.15, 0.2) is 0 Å². The minimum atomic E-state index is -0.147. The second kappa shape index (κ2) is 23.3. The number of hydrogen-bond donors (Lipinski definition) is 0. The highest BCUT2D eigenvalue weighted by Gasteiger charge is 2.12. The van der Waals surface area contributed by atoms with Gasteiger partial charge in [-0.3, -0.25) is 0 Å². The molecule has 0 fully saturated rings. The van der Waals surface area contributed by atoms with Crippen LogP contribution in [-0.2, 0) is 23.7 Å². The summed E-state index contributed by atoms with van der Waals surface area (Å²) < 4.78 is 27.0. The molecule has 0 aliphatic heterocycles. The first-order chi connectivity index (χ1) is 13.4. The molecule has 0 unspecified atom stereocenters. The summed E-state index contributed by atoms with van der Waals surface area (Å²) in [5.74, 6) is 0. The van der Waals surface area contributed by atoms with Gasteiger partial charge in [-0.05, 0) is 74.1 Å². The highest BCUT2D eigenvalue weighted by atomic mass is 16.7. The van der Waals surface area contributed by atoms with E-state index in [4.69, 9.17) is 23.7 Å². The van der Waals surface area contributed by atoms with Crippen LogP contribution in [0.1, 0.15) is 119 Å². The summed E-state index contributed by atoms with van der Waals surface area (Å²) in [6.07, 6.45) is 1.97. The van der Waals surface area contributed by atoms with E-state index in [1.807, 2.05) is 20.8 Å². The Labute approximate surface area is 219 Å². The lowest BCUT2D eigenvalue weighted by Crippen LogP contribution is -2.25. The maximum atomic E-state index is 5.56. The van der Waals surface area contributed by atoms with E-state index in [0.29, 0.717) is 32.0 Å². The molecule has 7 heteroatoms. The van der Waals surface area contributed by atoms with Gasteiger partial charge in [-0.1, -0.05) is 50.5 Å². The predicted octanol–water partition coefficient (Wildman–Crippen LogP) is 8.05. The Morgan fingerprint density at radius 3 is 1.21 bits per heavy atom. The smallest absolute Gasteiger partial charge is 0.150 e. The van der Waals surface area contributed by atoms with Crippen molar-refractivity contribution in [2.24, 2.45) is 5.41 Å². The zero-order valence-electron chi connectivity index (χ0n) is 22.1. The van der Waals surface area contributed by atoms with Crippen molar-refractivity contribution in [3.63, 3.8) is 0 Å². The Morgan fingerprint density at radius 1 is 0.500 bits per heavy atom. The van der Waals surface area contributed by atoms with Crippen LogP contribution in [0.2, 0.25) is 6.22 Å². The molecular weight excluding hydrogens is 426 g/mol. The summed E-state index contributed by atoms with van der Waals surface area (Å²) >= 11 is 0. The van der Waals surface area contributed by atoms with Crippen molar-refractivity contribution in [3.8, 4) is 0 Å². The Hall–Kier alpha value is -0.0701. The zero-order chi connectivity index (χ0) is 23.9. The van der Waals surface area contributed by atoms with Crippen molar-refractivity contribution >= 4 is 14.6 Å². The van der Waals surface area contributed by atoms with Crippen LogP contribution < -0.4 is 0 Å². The van der Waals surface area contributed by atoms with Gasteiger partial charge in [-0.15, -0.1) is 6.22 Å². The minimum Gasteiger partial charge on any atom is -0.385 e. The maximum absolute atomic E-state index is 5.56. The van der Waals surface area contributed by atoms with E-state index in [9.17, 15) is 0 Å². The predicted molar refractivity (Wildman–Crippen MR) is 156 cm³/mol. The fourth-order valence-electron chi connectivity index (χ4n) is 1.62. The van der Waals surface area contributed by atoms with E-state index in [1.54, 1.807) is 0 Å². The van der Waals surface area contributed by atoms with Crippen LogP contribution in [0.3, 0.4) is 0 Å². The molecule has 0 heterocycles. The van der Waals surface area contributed by atoms with Gasteiger partial charge < -0.3 is 23.7 Å². The van der Waals surface area contributed by atoms with Gasteiger partial charge in [0.1, 0.15) is 28.1 Å². The van der Waals surface area contributed by atoms with Crippen LogP contribution in [0.15, 0.2) is 0 Å². The molecule has 0 bridgehead atoms. The van der Waals surface area contributed by atoms with Crippen molar-refractivity contribution in [1.29, 1.82) is 0 Å². The molecule has 0 amide bonds. The molecule has 34 heavy (non-hydrogen) atoms. The molecule has 210 valence electrons. The normalized spacial score (nSPS) is 11.4. The SMILES string of the molecule is C.C.C.C.CC(C)(C)CCOCOCOC(C)(C)C.CC(C)(C)OC[B]C[B]COC(C)(C)C. The molecule has 0 spiro atoms. The standard InChI is InChI=1S/C12H26O3.C11H24B2O2.4CH4/c1-11(2,3)7-8-13-9-14-10-15-12(4,5)6;1-10(2,3)14-8-12-7-13-9-15-11(4,5)6;;;;/h7-10H2,1-6H3;7-9H2,1-6H3;4*1H4. The van der Waals surface area contributed by atoms with Gasteiger partial charge >= 0.3 is 0 Å². The van der Waals surface area contributed by atoms with Gasteiger partial charge in [-0.25, -0.2) is 0 Å². The molecule has 0 aromatic heterocycles. The summed E-state index contributed by atoms with van der Waals surface area (Å²) in [4.78, 5) is 0. The molecule has 0 aromatic rings. The second-order valence-corrected chi connectivity index (χ2v) is 11.6. The van der Waals surface area contributed by atoms with E-state index in [0.717, 1.165) is 19.2 Å². The first kappa shape index (κ1) is 47.2. The van der Waals surface area contributed by atoms with E-state index in [2.05, 4.69) is 76.9 Å². The monoisotopic (exact) mass is 493 g/mol. The fraction of sp³-hybridized carbons (Fsp3) is 1.00. The van der Waals surface area contributed by atoms with Crippen molar-refractivity contribution < 1.29 is 23.7 Å². The number of ether oxygens (including phenoxy) is 5. The average molecular weight is 492 g/mol. The van der Waals surface area contributed by atoms with Crippen LogP contribution in [0.4, 0.5) is 0 Å². The van der Waals surface area contributed by atoms with Crippen LogP contribution >= 0.6 is 0 Å².